The van der Waals surface area contributed by atoms with Crippen molar-refractivity contribution in [2.75, 3.05) is 0 Å². The van der Waals surface area contributed by atoms with Gasteiger partial charge in [0.1, 0.15) is 6.10 Å². The van der Waals surface area contributed by atoms with Crippen molar-refractivity contribution < 1.29 is 9.53 Å². The zero-order valence-corrected chi connectivity index (χ0v) is 9.44. The van der Waals surface area contributed by atoms with Crippen LogP contribution < -0.4 is 0 Å². The van der Waals surface area contributed by atoms with E-state index in [-0.39, 0.29) is 5.97 Å². The third-order valence-electron chi connectivity index (χ3n) is 5.85. The van der Waals surface area contributed by atoms with Crippen LogP contribution in [0.3, 0.4) is 0 Å². The summed E-state index contributed by atoms with van der Waals surface area (Å²) in [4.78, 5) is 11.2. The number of carbonyl (C=O) groups is 1. The monoisotopic (exact) mass is 222 g/mol. The highest BCUT2D eigenvalue weighted by Crippen LogP contribution is 2.82. The summed E-state index contributed by atoms with van der Waals surface area (Å²) in [5.74, 6) is 5.38. The van der Waals surface area contributed by atoms with Crippen LogP contribution >= 0.6 is 11.8 Å². The van der Waals surface area contributed by atoms with E-state index in [0.29, 0.717) is 6.10 Å². The molecule has 0 amide bonds. The second-order valence-electron chi connectivity index (χ2n) is 6.01. The van der Waals surface area contributed by atoms with Crippen LogP contribution in [0.15, 0.2) is 0 Å². The Balaban J connectivity index is 1.61. The molecule has 1 heterocycles. The van der Waals surface area contributed by atoms with Crippen molar-refractivity contribution in [2.45, 2.75) is 29.9 Å². The molecule has 0 aromatic heterocycles. The molecule has 0 radical (unpaired) electrons. The third kappa shape index (κ3) is 0.620. The van der Waals surface area contributed by atoms with Gasteiger partial charge in [-0.25, -0.2) is 0 Å². The molecule has 5 aliphatic rings. The predicted octanol–water partition coefficient (Wildman–Crippen LogP) is 1.54. The van der Waals surface area contributed by atoms with Gasteiger partial charge in [-0.3, -0.25) is 4.79 Å². The second kappa shape index (κ2) is 2.11. The molecule has 1 aliphatic heterocycles. The fraction of sp³-hybridized carbons (Fsp3) is 0.917. The van der Waals surface area contributed by atoms with Gasteiger partial charge in [0.15, 0.2) is 0 Å². The smallest absolute Gasteiger partial charge is 0.302 e. The van der Waals surface area contributed by atoms with E-state index >= 15 is 0 Å². The van der Waals surface area contributed by atoms with Gasteiger partial charge in [0.05, 0.1) is 0 Å². The van der Waals surface area contributed by atoms with Crippen LogP contribution in [0.2, 0.25) is 0 Å². The van der Waals surface area contributed by atoms with Crippen molar-refractivity contribution in [3.8, 4) is 0 Å². The van der Waals surface area contributed by atoms with Gasteiger partial charge in [0.2, 0.25) is 0 Å². The Morgan fingerprint density at radius 2 is 2.00 bits per heavy atom. The van der Waals surface area contributed by atoms with E-state index in [0.717, 1.165) is 46.0 Å². The van der Waals surface area contributed by atoms with Crippen molar-refractivity contribution in [1.29, 1.82) is 0 Å². The number of hydrogen-bond acceptors (Lipinski definition) is 3. The Bertz CT molecular complexity index is 376. The van der Waals surface area contributed by atoms with Gasteiger partial charge in [-0.05, 0) is 30.1 Å². The Kier molecular flexibility index (Phi) is 1.12. The van der Waals surface area contributed by atoms with E-state index in [1.54, 1.807) is 6.92 Å². The number of carbonyl (C=O) groups excluding carboxylic acids is 1. The van der Waals surface area contributed by atoms with Crippen molar-refractivity contribution in [3.63, 3.8) is 0 Å². The van der Waals surface area contributed by atoms with Crippen LogP contribution in [0, 0.1) is 35.5 Å². The molecule has 3 heteroatoms. The number of hydrogen-bond donors (Lipinski definition) is 0. The Hall–Kier alpha value is -0.180. The fourth-order valence-electron chi connectivity index (χ4n) is 5.83. The summed E-state index contributed by atoms with van der Waals surface area (Å²) in [7, 11) is 0. The zero-order chi connectivity index (χ0) is 9.89. The van der Waals surface area contributed by atoms with Crippen molar-refractivity contribution in [3.05, 3.63) is 0 Å². The van der Waals surface area contributed by atoms with Crippen LogP contribution in [0.5, 0.6) is 0 Å². The predicted molar refractivity (Wildman–Crippen MR) is 56.3 cm³/mol. The molecule has 0 aromatic carbocycles. The first-order valence-electron chi connectivity index (χ1n) is 6.10. The second-order valence-corrected chi connectivity index (χ2v) is 7.37. The molecule has 5 fully saturated rings. The maximum absolute atomic E-state index is 11.2. The van der Waals surface area contributed by atoms with Crippen molar-refractivity contribution in [1.82, 2.24) is 0 Å². The minimum absolute atomic E-state index is 0.0578. The molecular weight excluding hydrogens is 208 g/mol. The third-order valence-corrected chi connectivity index (χ3v) is 7.77. The minimum Gasteiger partial charge on any atom is -0.462 e. The SMILES string of the molecule is CC(=O)O[C@H]1[C@@H]2[C@@H]3C[C@@H]4[C@@H]2S[C@@H]2[C@@H]4[C@@H]3[C@@H]12. The Labute approximate surface area is 93.1 Å². The average Bonchev–Trinajstić information content (AvgIpc) is 2.62. The number of fused-ring (bicyclic) bond motifs is 2. The Morgan fingerprint density at radius 3 is 2.80 bits per heavy atom. The number of esters is 1. The largest absolute Gasteiger partial charge is 0.462 e. The molecule has 4 aliphatic carbocycles. The quantitative estimate of drug-likeness (QED) is 0.630. The summed E-state index contributed by atoms with van der Waals surface area (Å²) in [5.41, 5.74) is 0. The lowest BCUT2D eigenvalue weighted by molar-refractivity contribution is -0.152. The van der Waals surface area contributed by atoms with Gasteiger partial charge in [0.25, 0.3) is 0 Å². The standard InChI is InChI=1S/C12H14O2S/c1-3(13)14-10-8-4-2-5-7-6(4)9(10)12(7)15-11(5)8/h4-12H,2H2,1H3/t4-,5+,6-,7+,8+,9+,10+,11+,12-/m1/s1. The fourth-order valence-corrected chi connectivity index (χ4v) is 8.30. The lowest BCUT2D eigenvalue weighted by Gasteiger charge is -2.46. The summed E-state index contributed by atoms with van der Waals surface area (Å²) in [6.07, 6.45) is 1.78. The van der Waals surface area contributed by atoms with Gasteiger partial charge in [-0.2, -0.15) is 11.8 Å². The molecule has 0 aromatic rings. The van der Waals surface area contributed by atoms with E-state index in [1.807, 2.05) is 0 Å². The van der Waals surface area contributed by atoms with Crippen molar-refractivity contribution in [2.24, 2.45) is 35.5 Å². The summed E-state index contributed by atoms with van der Waals surface area (Å²) in [6.45, 7) is 1.57. The van der Waals surface area contributed by atoms with Gasteiger partial charge in [-0.1, -0.05) is 0 Å². The van der Waals surface area contributed by atoms with Crippen LogP contribution in [0.4, 0.5) is 0 Å². The highest BCUT2D eigenvalue weighted by molar-refractivity contribution is 8.01. The van der Waals surface area contributed by atoms with Crippen LogP contribution in [0.1, 0.15) is 13.3 Å². The lowest BCUT2D eigenvalue weighted by Crippen LogP contribution is -2.49. The van der Waals surface area contributed by atoms with E-state index in [2.05, 4.69) is 11.8 Å². The molecule has 9 atom stereocenters. The molecule has 15 heavy (non-hydrogen) atoms. The topological polar surface area (TPSA) is 26.3 Å². The van der Waals surface area contributed by atoms with Crippen molar-refractivity contribution >= 4 is 17.7 Å². The van der Waals surface area contributed by atoms with E-state index in [1.165, 1.54) is 6.42 Å². The molecule has 5 rings (SSSR count). The minimum atomic E-state index is -0.0578. The molecule has 1 saturated heterocycles. The maximum atomic E-state index is 11.2. The van der Waals surface area contributed by atoms with E-state index in [4.69, 9.17) is 4.74 Å². The average molecular weight is 222 g/mol. The van der Waals surface area contributed by atoms with Crippen LogP contribution in [0.25, 0.3) is 0 Å². The number of rotatable bonds is 1. The van der Waals surface area contributed by atoms with Crippen LogP contribution in [-0.4, -0.2) is 22.6 Å². The summed E-state index contributed by atoms with van der Waals surface area (Å²) >= 11 is 2.25. The van der Waals surface area contributed by atoms with Gasteiger partial charge in [-0.15, -0.1) is 0 Å². The highest BCUT2D eigenvalue weighted by Gasteiger charge is 2.82. The number of ether oxygens (including phenoxy) is 1. The summed E-state index contributed by atoms with van der Waals surface area (Å²) < 4.78 is 5.62. The molecule has 0 unspecified atom stereocenters. The van der Waals surface area contributed by atoms with E-state index < -0.39 is 0 Å². The molecule has 0 N–H and O–H groups in total. The zero-order valence-electron chi connectivity index (χ0n) is 8.63. The highest BCUT2D eigenvalue weighted by atomic mass is 32.2. The van der Waals surface area contributed by atoms with Crippen LogP contribution in [-0.2, 0) is 9.53 Å². The molecular formula is C12H14O2S. The number of thioether (sulfide) groups is 1. The first-order chi connectivity index (χ1) is 7.27. The summed E-state index contributed by atoms with van der Waals surface area (Å²) in [6, 6.07) is 0. The van der Waals surface area contributed by atoms with Gasteiger partial charge >= 0.3 is 5.97 Å². The normalized spacial score (nSPS) is 70.1. The maximum Gasteiger partial charge on any atom is 0.302 e. The van der Waals surface area contributed by atoms with E-state index in [9.17, 15) is 4.79 Å². The molecule has 80 valence electrons. The molecule has 2 nitrogen and oxygen atoms in total. The lowest BCUT2D eigenvalue weighted by atomic mass is 9.63. The first-order valence-corrected chi connectivity index (χ1v) is 7.04. The molecule has 0 spiro atoms. The summed E-state index contributed by atoms with van der Waals surface area (Å²) in [5, 5.41) is 1.74. The van der Waals surface area contributed by atoms with Gasteiger partial charge < -0.3 is 4.74 Å². The Morgan fingerprint density at radius 1 is 1.13 bits per heavy atom. The molecule has 4 saturated carbocycles. The molecule has 2 bridgehead atoms. The van der Waals surface area contributed by atoms with Gasteiger partial charge in [0, 0.05) is 29.3 Å². The first kappa shape index (κ1) is 7.99.